The lowest BCUT2D eigenvalue weighted by molar-refractivity contribution is -0.136. The molecule has 0 atom stereocenters. The summed E-state index contributed by atoms with van der Waals surface area (Å²) >= 11 is 0. The van der Waals surface area contributed by atoms with E-state index < -0.39 is 17.8 Å². The van der Waals surface area contributed by atoms with Crippen LogP contribution >= 0.6 is 0 Å². The highest BCUT2D eigenvalue weighted by Gasteiger charge is 2.13. The monoisotopic (exact) mass is 383 g/mol. The first kappa shape index (κ1) is 20.6. The zero-order valence-corrected chi connectivity index (χ0v) is 15.6. The number of rotatable bonds is 7. The summed E-state index contributed by atoms with van der Waals surface area (Å²) in [7, 11) is 0. The number of nitrogens with one attached hydrogen (secondary N) is 2. The van der Waals surface area contributed by atoms with E-state index in [-0.39, 0.29) is 6.61 Å². The van der Waals surface area contributed by atoms with Crippen LogP contribution in [0.3, 0.4) is 0 Å². The highest BCUT2D eigenvalue weighted by molar-refractivity contribution is 6.39. The van der Waals surface area contributed by atoms with Gasteiger partial charge in [-0.3, -0.25) is 9.59 Å². The van der Waals surface area contributed by atoms with Crippen molar-refractivity contribution in [3.63, 3.8) is 0 Å². The van der Waals surface area contributed by atoms with E-state index in [0.29, 0.717) is 29.2 Å². The van der Waals surface area contributed by atoms with Crippen LogP contribution in [0.2, 0.25) is 0 Å². The van der Waals surface area contributed by atoms with Crippen LogP contribution in [0, 0.1) is 0 Å². The summed E-state index contributed by atoms with van der Waals surface area (Å²) in [6.45, 7) is 4.34. The number of hydrogen-bond donors (Lipinski definition) is 2. The van der Waals surface area contributed by atoms with Gasteiger partial charge >= 0.3 is 17.8 Å². The van der Waals surface area contributed by atoms with Crippen LogP contribution in [0.1, 0.15) is 29.8 Å². The van der Waals surface area contributed by atoms with E-state index >= 15 is 0 Å². The normalized spacial score (nSPS) is 10.4. The molecule has 146 valence electrons. The maximum Gasteiger partial charge on any atom is 0.338 e. The molecule has 0 saturated carbocycles. The maximum atomic E-state index is 11.9. The predicted molar refractivity (Wildman–Crippen MR) is 104 cm³/mol. The molecule has 0 radical (unpaired) electrons. The van der Waals surface area contributed by atoms with Gasteiger partial charge in [-0.15, -0.1) is 0 Å². The molecule has 2 aromatic carbocycles. The first-order valence-corrected chi connectivity index (χ1v) is 8.68. The Balaban J connectivity index is 1.91. The van der Waals surface area contributed by atoms with Crippen molar-refractivity contribution in [3.8, 4) is 5.75 Å². The van der Waals surface area contributed by atoms with Crippen LogP contribution in [-0.4, -0.2) is 37.2 Å². The minimum Gasteiger partial charge on any atom is -0.493 e. The fourth-order valence-electron chi connectivity index (χ4n) is 2.18. The minimum atomic E-state index is -0.931. The number of hydrazone groups is 1. The van der Waals surface area contributed by atoms with E-state index in [0.717, 1.165) is 0 Å². The number of hydrogen-bond acceptors (Lipinski definition) is 6. The Morgan fingerprint density at radius 2 is 1.68 bits per heavy atom. The van der Waals surface area contributed by atoms with Crippen LogP contribution in [0.5, 0.6) is 5.75 Å². The molecular weight excluding hydrogens is 362 g/mol. The zero-order valence-electron chi connectivity index (χ0n) is 15.6. The topological polar surface area (TPSA) is 106 Å². The first-order chi connectivity index (χ1) is 13.5. The number of para-hydroxylation sites is 1. The lowest BCUT2D eigenvalue weighted by Gasteiger charge is -2.06. The van der Waals surface area contributed by atoms with Gasteiger partial charge in [-0.25, -0.2) is 10.2 Å². The number of carbonyl (C=O) groups is 3. The van der Waals surface area contributed by atoms with Crippen LogP contribution < -0.4 is 15.5 Å². The quantitative estimate of drug-likeness (QED) is 0.330. The van der Waals surface area contributed by atoms with Crippen molar-refractivity contribution in [3.05, 3.63) is 59.7 Å². The van der Waals surface area contributed by atoms with Gasteiger partial charge in [0.1, 0.15) is 5.75 Å². The average molecular weight is 383 g/mol. The summed E-state index contributed by atoms with van der Waals surface area (Å²) in [5, 5.41) is 6.20. The molecule has 8 heteroatoms. The van der Waals surface area contributed by atoms with Gasteiger partial charge in [-0.2, -0.15) is 5.10 Å². The lowest BCUT2D eigenvalue weighted by atomic mass is 10.2. The van der Waals surface area contributed by atoms with Crippen molar-refractivity contribution in [2.24, 2.45) is 5.10 Å². The van der Waals surface area contributed by atoms with Crippen LogP contribution in [0.4, 0.5) is 5.69 Å². The number of amides is 2. The molecule has 0 unspecified atom stereocenters. The third-order valence-electron chi connectivity index (χ3n) is 3.45. The Morgan fingerprint density at radius 1 is 0.964 bits per heavy atom. The molecular formula is C20H21N3O5. The fourth-order valence-corrected chi connectivity index (χ4v) is 2.18. The molecule has 0 aliphatic heterocycles. The number of anilines is 1. The van der Waals surface area contributed by atoms with Crippen LogP contribution in [0.25, 0.3) is 0 Å². The van der Waals surface area contributed by atoms with E-state index in [1.54, 1.807) is 25.1 Å². The van der Waals surface area contributed by atoms with Crippen molar-refractivity contribution in [2.45, 2.75) is 13.8 Å². The first-order valence-electron chi connectivity index (χ1n) is 8.68. The fraction of sp³-hybridized carbons (Fsp3) is 0.200. The largest absolute Gasteiger partial charge is 0.493 e. The molecule has 0 saturated heterocycles. The van der Waals surface area contributed by atoms with E-state index in [9.17, 15) is 14.4 Å². The van der Waals surface area contributed by atoms with E-state index in [4.69, 9.17) is 9.47 Å². The molecule has 0 spiro atoms. The SMILES string of the molecule is CCOC(=O)c1ccc(NC(=O)C(=O)NN=Cc2ccccc2OCC)cc1. The highest BCUT2D eigenvalue weighted by atomic mass is 16.5. The van der Waals surface area contributed by atoms with E-state index in [1.165, 1.54) is 30.5 Å². The molecule has 0 aliphatic rings. The average Bonchev–Trinajstić information content (AvgIpc) is 2.70. The second-order valence-electron chi connectivity index (χ2n) is 5.42. The van der Waals surface area contributed by atoms with Crippen molar-refractivity contribution in [1.29, 1.82) is 0 Å². The van der Waals surface area contributed by atoms with Crippen molar-refractivity contribution in [1.82, 2.24) is 5.43 Å². The maximum absolute atomic E-state index is 11.9. The summed E-state index contributed by atoms with van der Waals surface area (Å²) in [6, 6.07) is 13.2. The van der Waals surface area contributed by atoms with Gasteiger partial charge in [0.2, 0.25) is 0 Å². The van der Waals surface area contributed by atoms with Crippen molar-refractivity contribution in [2.75, 3.05) is 18.5 Å². The van der Waals surface area contributed by atoms with Gasteiger partial charge < -0.3 is 14.8 Å². The molecule has 2 amide bonds. The molecule has 2 rings (SSSR count). The molecule has 28 heavy (non-hydrogen) atoms. The van der Waals surface area contributed by atoms with Gasteiger partial charge in [0.15, 0.2) is 0 Å². The zero-order chi connectivity index (χ0) is 20.4. The molecule has 8 nitrogen and oxygen atoms in total. The summed E-state index contributed by atoms with van der Waals surface area (Å²) in [6.07, 6.45) is 1.39. The van der Waals surface area contributed by atoms with Gasteiger partial charge in [-0.1, -0.05) is 12.1 Å². The second kappa shape index (κ2) is 10.5. The second-order valence-corrected chi connectivity index (χ2v) is 5.42. The summed E-state index contributed by atoms with van der Waals surface area (Å²) < 4.78 is 10.3. The molecule has 0 aromatic heterocycles. The van der Waals surface area contributed by atoms with Gasteiger partial charge in [0.25, 0.3) is 0 Å². The van der Waals surface area contributed by atoms with Crippen molar-refractivity contribution < 1.29 is 23.9 Å². The molecule has 0 aliphatic carbocycles. The Bertz CT molecular complexity index is 862. The predicted octanol–water partition coefficient (Wildman–Crippen LogP) is 2.35. The van der Waals surface area contributed by atoms with E-state index in [2.05, 4.69) is 15.8 Å². The van der Waals surface area contributed by atoms with Gasteiger partial charge in [0.05, 0.1) is 25.0 Å². The lowest BCUT2D eigenvalue weighted by Crippen LogP contribution is -2.32. The highest BCUT2D eigenvalue weighted by Crippen LogP contribution is 2.15. The minimum absolute atomic E-state index is 0.271. The number of nitrogens with zero attached hydrogens (tertiary/aromatic N) is 1. The Kier molecular flexibility index (Phi) is 7.71. The summed E-state index contributed by atoms with van der Waals surface area (Å²) in [5.74, 6) is -1.66. The number of esters is 1. The summed E-state index contributed by atoms with van der Waals surface area (Å²) in [4.78, 5) is 35.4. The molecule has 0 fully saturated rings. The van der Waals surface area contributed by atoms with Crippen molar-refractivity contribution >= 4 is 29.7 Å². The summed E-state index contributed by atoms with van der Waals surface area (Å²) in [5.41, 5.74) is 3.53. The molecule has 0 heterocycles. The molecule has 0 bridgehead atoms. The smallest absolute Gasteiger partial charge is 0.338 e. The molecule has 2 N–H and O–H groups in total. The van der Waals surface area contributed by atoms with Gasteiger partial charge in [0, 0.05) is 11.3 Å². The Labute approximate surface area is 162 Å². The number of benzene rings is 2. The number of ether oxygens (including phenoxy) is 2. The third kappa shape index (κ3) is 5.94. The third-order valence-corrected chi connectivity index (χ3v) is 3.45. The van der Waals surface area contributed by atoms with Crippen LogP contribution in [-0.2, 0) is 14.3 Å². The van der Waals surface area contributed by atoms with Crippen LogP contribution in [0.15, 0.2) is 53.6 Å². The Morgan fingerprint density at radius 3 is 2.36 bits per heavy atom. The number of carbonyl (C=O) groups excluding carboxylic acids is 3. The van der Waals surface area contributed by atoms with E-state index in [1.807, 2.05) is 13.0 Å². The molecule has 2 aromatic rings. The Hall–Kier alpha value is -3.68. The standard InChI is InChI=1S/C20H21N3O5/c1-3-27-17-8-6-5-7-15(17)13-21-23-19(25)18(24)22-16-11-9-14(10-12-16)20(26)28-4-2/h5-13H,3-4H2,1-2H3,(H,22,24)(H,23,25). The van der Waals surface area contributed by atoms with Gasteiger partial charge in [-0.05, 0) is 50.2 Å².